The predicted octanol–water partition coefficient (Wildman–Crippen LogP) is 3.32. The van der Waals surface area contributed by atoms with Crippen LogP contribution in [0.1, 0.15) is 51.1 Å². The summed E-state index contributed by atoms with van der Waals surface area (Å²) in [5.74, 6) is 0. The molecule has 1 fully saturated rings. The normalized spacial score (nSPS) is 17.8. The van der Waals surface area contributed by atoms with Crippen molar-refractivity contribution in [2.24, 2.45) is 0 Å². The van der Waals surface area contributed by atoms with Crippen LogP contribution in [-0.2, 0) is 13.1 Å². The van der Waals surface area contributed by atoms with Gasteiger partial charge in [-0.1, -0.05) is 26.2 Å². The second-order valence-electron chi connectivity index (χ2n) is 4.91. The number of hydrogen-bond acceptors (Lipinski definition) is 1. The lowest BCUT2D eigenvalue weighted by atomic mass is 9.95. The first-order valence-electron chi connectivity index (χ1n) is 6.77. The lowest BCUT2D eigenvalue weighted by Gasteiger charge is -2.23. The molecule has 1 aromatic rings. The molecule has 0 aliphatic heterocycles. The second-order valence-corrected chi connectivity index (χ2v) is 4.91. The lowest BCUT2D eigenvalue weighted by Crippen LogP contribution is -2.31. The molecule has 2 heteroatoms. The van der Waals surface area contributed by atoms with Gasteiger partial charge in [0.15, 0.2) is 0 Å². The minimum atomic E-state index is 0.763. The topological polar surface area (TPSA) is 17.0 Å². The van der Waals surface area contributed by atoms with E-state index in [0.29, 0.717) is 0 Å². The van der Waals surface area contributed by atoms with E-state index in [2.05, 4.69) is 35.1 Å². The molecule has 90 valence electrons. The Balaban J connectivity index is 1.81. The van der Waals surface area contributed by atoms with Gasteiger partial charge in [0.2, 0.25) is 0 Å². The fourth-order valence-electron chi connectivity index (χ4n) is 2.62. The first kappa shape index (κ1) is 11.7. The fraction of sp³-hybridized carbons (Fsp3) is 0.714. The number of aryl methyl sites for hydroxylation is 1. The Morgan fingerprint density at radius 2 is 2.12 bits per heavy atom. The first-order chi connectivity index (χ1) is 7.90. The average molecular weight is 220 g/mol. The van der Waals surface area contributed by atoms with Crippen LogP contribution in [0.2, 0.25) is 0 Å². The van der Waals surface area contributed by atoms with Gasteiger partial charge in [-0.05, 0) is 31.4 Å². The van der Waals surface area contributed by atoms with Crippen LogP contribution in [0.5, 0.6) is 0 Å². The molecule has 0 spiro atoms. The molecule has 0 saturated heterocycles. The van der Waals surface area contributed by atoms with Gasteiger partial charge in [-0.3, -0.25) is 0 Å². The molecule has 1 aromatic heterocycles. The molecule has 0 aromatic carbocycles. The van der Waals surface area contributed by atoms with Crippen LogP contribution in [0.15, 0.2) is 18.3 Å². The van der Waals surface area contributed by atoms with E-state index in [0.717, 1.165) is 19.1 Å². The van der Waals surface area contributed by atoms with Crippen molar-refractivity contribution in [1.29, 1.82) is 0 Å². The molecule has 1 heterocycles. The van der Waals surface area contributed by atoms with Gasteiger partial charge in [-0.15, -0.1) is 0 Å². The van der Waals surface area contributed by atoms with Crippen LogP contribution < -0.4 is 5.32 Å². The summed E-state index contributed by atoms with van der Waals surface area (Å²) in [6.07, 6.45) is 10.4. The molecular formula is C14H24N2. The van der Waals surface area contributed by atoms with Crippen LogP contribution in [0.4, 0.5) is 0 Å². The van der Waals surface area contributed by atoms with Gasteiger partial charge >= 0.3 is 0 Å². The van der Waals surface area contributed by atoms with E-state index < -0.39 is 0 Å². The highest BCUT2D eigenvalue weighted by Crippen LogP contribution is 2.17. The molecular weight excluding hydrogens is 196 g/mol. The first-order valence-corrected chi connectivity index (χ1v) is 6.77. The van der Waals surface area contributed by atoms with Gasteiger partial charge in [0, 0.05) is 31.0 Å². The molecule has 0 radical (unpaired) electrons. The third-order valence-corrected chi connectivity index (χ3v) is 3.57. The summed E-state index contributed by atoms with van der Waals surface area (Å²) < 4.78 is 2.37. The standard InChI is InChI=1S/C14H24N2/c1-2-10-16-11-6-9-14(16)12-15-13-7-4-3-5-8-13/h6,9,11,13,15H,2-5,7-8,10,12H2,1H3. The van der Waals surface area contributed by atoms with E-state index in [-0.39, 0.29) is 0 Å². The summed E-state index contributed by atoms with van der Waals surface area (Å²) in [5, 5.41) is 3.70. The van der Waals surface area contributed by atoms with E-state index in [4.69, 9.17) is 0 Å². The van der Waals surface area contributed by atoms with Crippen molar-refractivity contribution in [2.45, 2.75) is 64.6 Å². The fourth-order valence-corrected chi connectivity index (χ4v) is 2.62. The minimum absolute atomic E-state index is 0.763. The molecule has 2 nitrogen and oxygen atoms in total. The average Bonchev–Trinajstić information content (AvgIpc) is 2.76. The van der Waals surface area contributed by atoms with Gasteiger partial charge in [0.05, 0.1) is 0 Å². The second kappa shape index (κ2) is 6.09. The number of nitrogens with zero attached hydrogens (tertiary/aromatic N) is 1. The molecule has 2 rings (SSSR count). The number of aromatic nitrogens is 1. The van der Waals surface area contributed by atoms with Crippen molar-refractivity contribution >= 4 is 0 Å². The number of nitrogens with one attached hydrogen (secondary N) is 1. The van der Waals surface area contributed by atoms with Crippen LogP contribution in [-0.4, -0.2) is 10.6 Å². The molecule has 1 saturated carbocycles. The Bertz CT molecular complexity index is 297. The lowest BCUT2D eigenvalue weighted by molar-refractivity contribution is 0.368. The molecule has 0 bridgehead atoms. The smallest absolute Gasteiger partial charge is 0.0361 e. The van der Waals surface area contributed by atoms with E-state index in [1.165, 1.54) is 44.2 Å². The zero-order valence-electron chi connectivity index (χ0n) is 10.4. The maximum Gasteiger partial charge on any atom is 0.0361 e. The Labute approximate surface area is 99.0 Å². The van der Waals surface area contributed by atoms with Gasteiger partial charge in [0.25, 0.3) is 0 Å². The zero-order chi connectivity index (χ0) is 11.2. The monoisotopic (exact) mass is 220 g/mol. The van der Waals surface area contributed by atoms with Crippen molar-refractivity contribution < 1.29 is 0 Å². The highest BCUT2D eigenvalue weighted by atomic mass is 15.0. The van der Waals surface area contributed by atoms with Crippen molar-refractivity contribution in [1.82, 2.24) is 9.88 Å². The Morgan fingerprint density at radius 1 is 1.31 bits per heavy atom. The molecule has 0 amide bonds. The summed E-state index contributed by atoms with van der Waals surface area (Å²) in [6, 6.07) is 5.16. The largest absolute Gasteiger partial charge is 0.350 e. The highest BCUT2D eigenvalue weighted by molar-refractivity contribution is 5.07. The quantitative estimate of drug-likeness (QED) is 0.805. The molecule has 1 N–H and O–H groups in total. The SMILES string of the molecule is CCCn1cccc1CNC1CCCCC1. The number of rotatable bonds is 5. The minimum Gasteiger partial charge on any atom is -0.350 e. The van der Waals surface area contributed by atoms with Crippen LogP contribution >= 0.6 is 0 Å². The van der Waals surface area contributed by atoms with Crippen LogP contribution in [0, 0.1) is 0 Å². The third-order valence-electron chi connectivity index (χ3n) is 3.57. The molecule has 1 aliphatic rings. The van der Waals surface area contributed by atoms with Crippen molar-refractivity contribution in [2.75, 3.05) is 0 Å². The van der Waals surface area contributed by atoms with Crippen molar-refractivity contribution in [3.63, 3.8) is 0 Å². The third kappa shape index (κ3) is 3.11. The maximum absolute atomic E-state index is 3.70. The summed E-state index contributed by atoms with van der Waals surface area (Å²) in [5.41, 5.74) is 1.44. The maximum atomic E-state index is 3.70. The zero-order valence-corrected chi connectivity index (χ0v) is 10.4. The van der Waals surface area contributed by atoms with E-state index >= 15 is 0 Å². The summed E-state index contributed by atoms with van der Waals surface area (Å²) >= 11 is 0. The Hall–Kier alpha value is -0.760. The Morgan fingerprint density at radius 3 is 2.88 bits per heavy atom. The molecule has 0 atom stereocenters. The molecule has 0 unspecified atom stereocenters. The highest BCUT2D eigenvalue weighted by Gasteiger charge is 2.12. The van der Waals surface area contributed by atoms with Gasteiger partial charge in [0.1, 0.15) is 0 Å². The van der Waals surface area contributed by atoms with Crippen LogP contribution in [0.25, 0.3) is 0 Å². The van der Waals surface area contributed by atoms with Crippen molar-refractivity contribution in [3.8, 4) is 0 Å². The van der Waals surface area contributed by atoms with E-state index in [1.54, 1.807) is 0 Å². The van der Waals surface area contributed by atoms with Crippen molar-refractivity contribution in [3.05, 3.63) is 24.0 Å². The summed E-state index contributed by atoms with van der Waals surface area (Å²) in [6.45, 7) is 4.42. The molecule has 16 heavy (non-hydrogen) atoms. The van der Waals surface area contributed by atoms with Gasteiger partial charge in [-0.25, -0.2) is 0 Å². The molecule has 1 aliphatic carbocycles. The summed E-state index contributed by atoms with van der Waals surface area (Å²) in [7, 11) is 0. The van der Waals surface area contributed by atoms with Gasteiger partial charge in [-0.2, -0.15) is 0 Å². The van der Waals surface area contributed by atoms with Gasteiger partial charge < -0.3 is 9.88 Å². The predicted molar refractivity (Wildman–Crippen MR) is 68.4 cm³/mol. The van der Waals surface area contributed by atoms with E-state index in [9.17, 15) is 0 Å². The summed E-state index contributed by atoms with van der Waals surface area (Å²) in [4.78, 5) is 0. The Kier molecular flexibility index (Phi) is 4.46. The van der Waals surface area contributed by atoms with E-state index in [1.807, 2.05) is 0 Å². The number of hydrogen-bond donors (Lipinski definition) is 1. The van der Waals surface area contributed by atoms with Crippen LogP contribution in [0.3, 0.4) is 0 Å².